The Bertz CT molecular complexity index is 495. The lowest BCUT2D eigenvalue weighted by atomic mass is 10.2. The third kappa shape index (κ3) is 5.97. The summed E-state index contributed by atoms with van der Waals surface area (Å²) in [5.41, 5.74) is 2.59. The number of nitrogens with one attached hydrogen (secondary N) is 2. The molecular formula is C15H18N2O3. The van der Waals surface area contributed by atoms with Crippen LogP contribution in [0, 0.1) is 5.92 Å². The van der Waals surface area contributed by atoms with Gasteiger partial charge in [-0.25, -0.2) is 5.48 Å². The van der Waals surface area contributed by atoms with Crippen molar-refractivity contribution in [2.45, 2.75) is 6.92 Å². The first-order valence-corrected chi connectivity index (χ1v) is 6.25. The molecule has 20 heavy (non-hydrogen) atoms. The van der Waals surface area contributed by atoms with Crippen LogP contribution in [0.4, 0.5) is 0 Å². The fourth-order valence-corrected chi connectivity index (χ4v) is 1.39. The minimum absolute atomic E-state index is 0.165. The minimum Gasteiger partial charge on any atom is -0.352 e. The monoisotopic (exact) mass is 274 g/mol. The topological polar surface area (TPSA) is 78.4 Å². The Kier molecular flexibility index (Phi) is 6.78. The van der Waals surface area contributed by atoms with Gasteiger partial charge in [0.15, 0.2) is 0 Å². The van der Waals surface area contributed by atoms with Crippen LogP contribution < -0.4 is 10.8 Å². The van der Waals surface area contributed by atoms with Crippen LogP contribution in [-0.2, 0) is 9.59 Å². The van der Waals surface area contributed by atoms with Crippen molar-refractivity contribution >= 4 is 17.9 Å². The summed E-state index contributed by atoms with van der Waals surface area (Å²) < 4.78 is 0. The summed E-state index contributed by atoms with van der Waals surface area (Å²) in [7, 11) is 0. The van der Waals surface area contributed by atoms with Crippen molar-refractivity contribution in [3.63, 3.8) is 0 Å². The summed E-state index contributed by atoms with van der Waals surface area (Å²) in [5, 5.41) is 11.0. The van der Waals surface area contributed by atoms with Gasteiger partial charge >= 0.3 is 0 Å². The van der Waals surface area contributed by atoms with Crippen molar-refractivity contribution in [2.24, 2.45) is 5.92 Å². The van der Waals surface area contributed by atoms with E-state index in [9.17, 15) is 9.59 Å². The summed E-state index contributed by atoms with van der Waals surface area (Å²) in [5.74, 6) is -1.31. The fourth-order valence-electron chi connectivity index (χ4n) is 1.39. The lowest BCUT2D eigenvalue weighted by molar-refractivity contribution is -0.132. The highest BCUT2D eigenvalue weighted by Crippen LogP contribution is 2.00. The zero-order chi connectivity index (χ0) is 14.8. The van der Waals surface area contributed by atoms with Crippen molar-refractivity contribution in [2.75, 3.05) is 6.54 Å². The molecule has 0 saturated heterocycles. The number of carbonyl (C=O) groups excluding carboxylic acids is 2. The average molecular weight is 274 g/mol. The molecule has 0 radical (unpaired) electrons. The maximum Gasteiger partial charge on any atom is 0.247 e. The first kappa shape index (κ1) is 15.7. The molecule has 5 heteroatoms. The number of amides is 2. The SMILES string of the molecule is CC(CNC(=O)C=CC=Cc1ccccc1)C(=O)NO. The van der Waals surface area contributed by atoms with E-state index in [-0.39, 0.29) is 12.5 Å². The first-order valence-electron chi connectivity index (χ1n) is 6.25. The molecule has 106 valence electrons. The number of allylic oxidation sites excluding steroid dienone is 2. The average Bonchev–Trinajstić information content (AvgIpc) is 2.49. The van der Waals surface area contributed by atoms with Crippen LogP contribution in [0.2, 0.25) is 0 Å². The van der Waals surface area contributed by atoms with Crippen LogP contribution in [0.1, 0.15) is 12.5 Å². The van der Waals surface area contributed by atoms with E-state index < -0.39 is 11.8 Å². The maximum absolute atomic E-state index is 11.4. The highest BCUT2D eigenvalue weighted by Gasteiger charge is 2.11. The predicted octanol–water partition coefficient (Wildman–Crippen LogP) is 1.51. The van der Waals surface area contributed by atoms with Crippen molar-refractivity contribution in [1.29, 1.82) is 0 Å². The third-order valence-electron chi connectivity index (χ3n) is 2.59. The van der Waals surface area contributed by atoms with E-state index in [2.05, 4.69) is 5.32 Å². The van der Waals surface area contributed by atoms with Crippen molar-refractivity contribution in [3.05, 3.63) is 54.1 Å². The second kappa shape index (κ2) is 8.66. The largest absolute Gasteiger partial charge is 0.352 e. The summed E-state index contributed by atoms with van der Waals surface area (Å²) in [6, 6.07) is 9.72. The first-order chi connectivity index (χ1) is 9.63. The minimum atomic E-state index is -0.529. The number of carbonyl (C=O) groups is 2. The van der Waals surface area contributed by atoms with E-state index in [4.69, 9.17) is 5.21 Å². The molecule has 0 heterocycles. The third-order valence-corrected chi connectivity index (χ3v) is 2.59. The standard InChI is InChI=1S/C15H18N2O3/c1-12(15(19)17-20)11-16-14(18)10-6-5-9-13-7-3-2-4-8-13/h2-10,12,20H,11H2,1H3,(H,16,18)(H,17,19). The van der Waals surface area contributed by atoms with Gasteiger partial charge in [0.25, 0.3) is 0 Å². The number of benzene rings is 1. The van der Waals surface area contributed by atoms with Gasteiger partial charge in [-0.3, -0.25) is 14.8 Å². The van der Waals surface area contributed by atoms with Gasteiger partial charge in [0.05, 0.1) is 5.92 Å². The number of hydrogen-bond donors (Lipinski definition) is 3. The molecule has 1 unspecified atom stereocenters. The van der Waals surface area contributed by atoms with E-state index >= 15 is 0 Å². The van der Waals surface area contributed by atoms with E-state index in [1.54, 1.807) is 19.1 Å². The van der Waals surface area contributed by atoms with E-state index in [0.717, 1.165) is 5.56 Å². The zero-order valence-electron chi connectivity index (χ0n) is 11.2. The van der Waals surface area contributed by atoms with Crippen LogP contribution >= 0.6 is 0 Å². The molecule has 0 aromatic heterocycles. The zero-order valence-corrected chi connectivity index (χ0v) is 11.2. The highest BCUT2D eigenvalue weighted by molar-refractivity contribution is 5.88. The Morgan fingerprint density at radius 3 is 2.60 bits per heavy atom. The maximum atomic E-state index is 11.4. The molecule has 1 atom stereocenters. The molecule has 0 aliphatic rings. The molecule has 1 aromatic carbocycles. The predicted molar refractivity (Wildman–Crippen MR) is 76.7 cm³/mol. The number of rotatable bonds is 6. The van der Waals surface area contributed by atoms with Gasteiger partial charge < -0.3 is 5.32 Å². The van der Waals surface area contributed by atoms with Gasteiger partial charge in [-0.1, -0.05) is 55.5 Å². The number of hydroxylamine groups is 1. The molecule has 3 N–H and O–H groups in total. The molecule has 0 saturated carbocycles. The second-order valence-electron chi connectivity index (χ2n) is 4.25. The van der Waals surface area contributed by atoms with E-state index in [1.807, 2.05) is 36.4 Å². The van der Waals surface area contributed by atoms with Gasteiger partial charge in [0, 0.05) is 12.6 Å². The van der Waals surface area contributed by atoms with Gasteiger partial charge in [-0.15, -0.1) is 0 Å². The molecule has 0 spiro atoms. The molecule has 1 aromatic rings. The molecule has 0 aliphatic carbocycles. The Balaban J connectivity index is 2.34. The second-order valence-corrected chi connectivity index (χ2v) is 4.25. The molecule has 0 bridgehead atoms. The van der Waals surface area contributed by atoms with Gasteiger partial charge in [0.2, 0.25) is 11.8 Å². The molecule has 0 aliphatic heterocycles. The summed E-state index contributed by atoms with van der Waals surface area (Å²) in [6.07, 6.45) is 6.65. The summed E-state index contributed by atoms with van der Waals surface area (Å²) in [6.45, 7) is 1.77. The van der Waals surface area contributed by atoms with E-state index in [1.165, 1.54) is 11.6 Å². The molecular weight excluding hydrogens is 256 g/mol. The Morgan fingerprint density at radius 2 is 1.95 bits per heavy atom. The quantitative estimate of drug-likeness (QED) is 0.318. The molecule has 1 rings (SSSR count). The van der Waals surface area contributed by atoms with Crippen molar-refractivity contribution < 1.29 is 14.8 Å². The summed E-state index contributed by atoms with van der Waals surface area (Å²) >= 11 is 0. The molecule has 5 nitrogen and oxygen atoms in total. The fraction of sp³-hybridized carbons (Fsp3) is 0.200. The van der Waals surface area contributed by atoms with Crippen LogP contribution in [0.3, 0.4) is 0 Å². The Hall–Kier alpha value is -2.40. The lowest BCUT2D eigenvalue weighted by Gasteiger charge is -2.08. The molecule has 0 fully saturated rings. The highest BCUT2D eigenvalue weighted by atomic mass is 16.5. The normalized spacial score (nSPS) is 12.5. The summed E-state index contributed by atoms with van der Waals surface area (Å²) in [4.78, 5) is 22.4. The lowest BCUT2D eigenvalue weighted by Crippen LogP contribution is -2.35. The number of hydrogen-bond acceptors (Lipinski definition) is 3. The van der Waals surface area contributed by atoms with Crippen molar-refractivity contribution in [1.82, 2.24) is 10.8 Å². The smallest absolute Gasteiger partial charge is 0.247 e. The Morgan fingerprint density at radius 1 is 1.25 bits per heavy atom. The van der Waals surface area contributed by atoms with E-state index in [0.29, 0.717) is 0 Å². The molecule has 2 amide bonds. The van der Waals surface area contributed by atoms with Gasteiger partial charge in [0.1, 0.15) is 0 Å². The van der Waals surface area contributed by atoms with Crippen molar-refractivity contribution in [3.8, 4) is 0 Å². The van der Waals surface area contributed by atoms with Crippen LogP contribution in [0.5, 0.6) is 0 Å². The van der Waals surface area contributed by atoms with Crippen LogP contribution in [0.15, 0.2) is 48.6 Å². The van der Waals surface area contributed by atoms with Gasteiger partial charge in [-0.05, 0) is 5.56 Å². The van der Waals surface area contributed by atoms with Crippen LogP contribution in [0.25, 0.3) is 6.08 Å². The van der Waals surface area contributed by atoms with Gasteiger partial charge in [-0.2, -0.15) is 0 Å². The Labute approximate surface area is 118 Å². The van der Waals surface area contributed by atoms with Crippen LogP contribution in [-0.4, -0.2) is 23.6 Å².